The Morgan fingerprint density at radius 1 is 0.722 bits per heavy atom. The molecule has 2 aromatic carbocycles. The fourth-order valence-electron chi connectivity index (χ4n) is 4.45. The lowest BCUT2D eigenvalue weighted by atomic mass is 9.97. The summed E-state index contributed by atoms with van der Waals surface area (Å²) in [6, 6.07) is 16.6. The van der Waals surface area contributed by atoms with E-state index in [1.165, 1.54) is 57.8 Å². The first-order valence-electron chi connectivity index (χ1n) is 14.5. The van der Waals surface area contributed by atoms with E-state index in [1.54, 1.807) is 0 Å². The lowest BCUT2D eigenvalue weighted by Crippen LogP contribution is -2.10. The van der Waals surface area contributed by atoms with E-state index < -0.39 is 0 Å². The SMILES string of the molecule is CCCCCCCCCCOc1ccc(-c2ccc(COC(=O)C[C@@H](C)CCCC(C)C)cc2)cc1. The maximum Gasteiger partial charge on any atom is 0.306 e. The summed E-state index contributed by atoms with van der Waals surface area (Å²) in [5, 5.41) is 0. The van der Waals surface area contributed by atoms with Gasteiger partial charge in [-0.3, -0.25) is 4.79 Å². The van der Waals surface area contributed by atoms with Crippen LogP contribution in [0.3, 0.4) is 0 Å². The van der Waals surface area contributed by atoms with E-state index in [-0.39, 0.29) is 5.97 Å². The van der Waals surface area contributed by atoms with Gasteiger partial charge in [-0.15, -0.1) is 0 Å². The van der Waals surface area contributed by atoms with E-state index in [9.17, 15) is 4.79 Å². The smallest absolute Gasteiger partial charge is 0.306 e. The van der Waals surface area contributed by atoms with E-state index in [1.807, 2.05) is 12.1 Å². The first kappa shape index (κ1) is 29.9. The van der Waals surface area contributed by atoms with Crippen LogP contribution in [0.4, 0.5) is 0 Å². The molecule has 0 amide bonds. The number of unbranched alkanes of at least 4 members (excludes halogenated alkanes) is 7. The van der Waals surface area contributed by atoms with Gasteiger partial charge in [0.2, 0.25) is 0 Å². The number of benzene rings is 2. The minimum absolute atomic E-state index is 0.0984. The highest BCUT2D eigenvalue weighted by Gasteiger charge is 2.11. The summed E-state index contributed by atoms with van der Waals surface area (Å²) in [5.74, 6) is 1.94. The summed E-state index contributed by atoms with van der Waals surface area (Å²) in [6.07, 6.45) is 14.5. The summed E-state index contributed by atoms with van der Waals surface area (Å²) in [5.41, 5.74) is 3.33. The van der Waals surface area contributed by atoms with Crippen molar-refractivity contribution in [3.63, 3.8) is 0 Å². The van der Waals surface area contributed by atoms with Crippen molar-refractivity contribution in [3.8, 4) is 16.9 Å². The molecule has 0 N–H and O–H groups in total. The van der Waals surface area contributed by atoms with Crippen LogP contribution in [-0.2, 0) is 16.1 Å². The van der Waals surface area contributed by atoms with Crippen molar-refractivity contribution >= 4 is 5.97 Å². The van der Waals surface area contributed by atoms with Gasteiger partial charge in [-0.2, -0.15) is 0 Å². The highest BCUT2D eigenvalue weighted by molar-refractivity contribution is 5.69. The van der Waals surface area contributed by atoms with E-state index in [0.29, 0.717) is 18.9 Å². The minimum atomic E-state index is -0.0984. The van der Waals surface area contributed by atoms with Gasteiger partial charge in [-0.25, -0.2) is 0 Å². The first-order chi connectivity index (χ1) is 17.5. The molecule has 0 aliphatic heterocycles. The molecule has 0 heterocycles. The Morgan fingerprint density at radius 3 is 1.92 bits per heavy atom. The molecule has 0 aliphatic rings. The second-order valence-electron chi connectivity index (χ2n) is 10.8. The Labute approximate surface area is 221 Å². The molecule has 0 aliphatic carbocycles. The molecule has 200 valence electrons. The summed E-state index contributed by atoms with van der Waals surface area (Å²) in [4.78, 5) is 12.2. The van der Waals surface area contributed by atoms with Crippen LogP contribution < -0.4 is 4.74 Å². The van der Waals surface area contributed by atoms with Gasteiger partial charge < -0.3 is 9.47 Å². The number of hydrogen-bond donors (Lipinski definition) is 0. The molecule has 3 heteroatoms. The van der Waals surface area contributed by atoms with Crippen molar-refractivity contribution in [2.45, 2.75) is 111 Å². The van der Waals surface area contributed by atoms with Crippen LogP contribution in [0.1, 0.15) is 110 Å². The van der Waals surface area contributed by atoms with E-state index >= 15 is 0 Å². The Bertz CT molecular complexity index is 823. The van der Waals surface area contributed by atoms with Gasteiger partial charge in [0.1, 0.15) is 12.4 Å². The van der Waals surface area contributed by atoms with Crippen LogP contribution in [0.2, 0.25) is 0 Å². The number of carbonyl (C=O) groups is 1. The predicted molar refractivity (Wildman–Crippen MR) is 152 cm³/mol. The fourth-order valence-corrected chi connectivity index (χ4v) is 4.45. The number of esters is 1. The molecule has 0 bridgehead atoms. The maximum atomic E-state index is 12.2. The van der Waals surface area contributed by atoms with Crippen molar-refractivity contribution < 1.29 is 14.3 Å². The normalized spacial score (nSPS) is 12.0. The van der Waals surface area contributed by atoms with Gasteiger partial charge in [-0.05, 0) is 47.1 Å². The van der Waals surface area contributed by atoms with Crippen molar-refractivity contribution in [3.05, 3.63) is 54.1 Å². The molecule has 1 atom stereocenters. The highest BCUT2D eigenvalue weighted by Crippen LogP contribution is 2.24. The molecule has 0 aromatic heterocycles. The molecule has 2 aromatic rings. The zero-order valence-corrected chi connectivity index (χ0v) is 23.4. The average Bonchev–Trinajstić information content (AvgIpc) is 2.87. The third-order valence-corrected chi connectivity index (χ3v) is 6.80. The van der Waals surface area contributed by atoms with Crippen molar-refractivity contribution in [2.75, 3.05) is 6.61 Å². The molecule has 36 heavy (non-hydrogen) atoms. The van der Waals surface area contributed by atoms with Crippen LogP contribution in [0.25, 0.3) is 11.1 Å². The van der Waals surface area contributed by atoms with Gasteiger partial charge in [0.25, 0.3) is 0 Å². The lowest BCUT2D eigenvalue weighted by molar-refractivity contribution is -0.146. The Hall–Kier alpha value is -2.29. The monoisotopic (exact) mass is 494 g/mol. The summed E-state index contributed by atoms with van der Waals surface area (Å²) < 4.78 is 11.4. The lowest BCUT2D eigenvalue weighted by Gasteiger charge is -2.12. The number of carbonyl (C=O) groups excluding carboxylic acids is 1. The first-order valence-corrected chi connectivity index (χ1v) is 14.5. The Morgan fingerprint density at radius 2 is 1.31 bits per heavy atom. The van der Waals surface area contributed by atoms with E-state index in [4.69, 9.17) is 9.47 Å². The standard InChI is InChI=1S/C33H50O3/c1-5-6-7-8-9-10-11-12-24-35-32-22-20-31(21-23-32)30-18-16-29(17-19-30)26-36-33(34)25-28(4)15-13-14-27(2)3/h16-23,27-28H,5-15,24-26H2,1-4H3/t28-/m0/s1. The van der Waals surface area contributed by atoms with Crippen molar-refractivity contribution in [2.24, 2.45) is 11.8 Å². The molecule has 0 radical (unpaired) electrons. The number of rotatable bonds is 19. The van der Waals surface area contributed by atoms with Crippen LogP contribution in [0.15, 0.2) is 48.5 Å². The molecule has 0 fully saturated rings. The Balaban J connectivity index is 1.65. The van der Waals surface area contributed by atoms with Crippen LogP contribution >= 0.6 is 0 Å². The second kappa shape index (κ2) is 18.0. The summed E-state index contributed by atoms with van der Waals surface area (Å²) in [7, 11) is 0. The third kappa shape index (κ3) is 13.1. The molecular weight excluding hydrogens is 444 g/mol. The Kier molecular flexibility index (Phi) is 15.0. The van der Waals surface area contributed by atoms with E-state index in [2.05, 4.69) is 64.1 Å². The largest absolute Gasteiger partial charge is 0.494 e. The molecular formula is C33H50O3. The molecule has 0 saturated carbocycles. The molecule has 0 spiro atoms. The fraction of sp³-hybridized carbons (Fsp3) is 0.606. The predicted octanol–water partition coefficient (Wildman–Crippen LogP) is 9.77. The summed E-state index contributed by atoms with van der Waals surface area (Å²) >= 11 is 0. The van der Waals surface area contributed by atoms with Crippen molar-refractivity contribution in [1.82, 2.24) is 0 Å². The molecule has 0 unspecified atom stereocenters. The second-order valence-corrected chi connectivity index (χ2v) is 10.8. The number of hydrogen-bond acceptors (Lipinski definition) is 3. The maximum absolute atomic E-state index is 12.2. The molecule has 3 nitrogen and oxygen atoms in total. The molecule has 2 rings (SSSR count). The quantitative estimate of drug-likeness (QED) is 0.144. The van der Waals surface area contributed by atoms with Gasteiger partial charge in [0.05, 0.1) is 6.61 Å². The minimum Gasteiger partial charge on any atom is -0.494 e. The van der Waals surface area contributed by atoms with Gasteiger partial charge in [0.15, 0.2) is 0 Å². The van der Waals surface area contributed by atoms with Gasteiger partial charge in [-0.1, -0.05) is 128 Å². The van der Waals surface area contributed by atoms with Crippen LogP contribution in [-0.4, -0.2) is 12.6 Å². The highest BCUT2D eigenvalue weighted by atomic mass is 16.5. The zero-order chi connectivity index (χ0) is 26.0. The van der Waals surface area contributed by atoms with Crippen LogP contribution in [0, 0.1) is 11.8 Å². The topological polar surface area (TPSA) is 35.5 Å². The van der Waals surface area contributed by atoms with Gasteiger partial charge >= 0.3 is 5.97 Å². The van der Waals surface area contributed by atoms with E-state index in [0.717, 1.165) is 47.8 Å². The number of ether oxygens (including phenoxy) is 2. The molecule has 0 saturated heterocycles. The average molecular weight is 495 g/mol. The zero-order valence-electron chi connectivity index (χ0n) is 23.4. The summed E-state index contributed by atoms with van der Waals surface area (Å²) in [6.45, 7) is 10.0. The van der Waals surface area contributed by atoms with Crippen LogP contribution in [0.5, 0.6) is 5.75 Å². The van der Waals surface area contributed by atoms with Gasteiger partial charge in [0, 0.05) is 6.42 Å². The van der Waals surface area contributed by atoms with Crippen molar-refractivity contribution in [1.29, 1.82) is 0 Å². The third-order valence-electron chi connectivity index (χ3n) is 6.80.